The van der Waals surface area contributed by atoms with E-state index < -0.39 is 5.60 Å². The highest BCUT2D eigenvalue weighted by Gasteiger charge is 2.46. The van der Waals surface area contributed by atoms with Gasteiger partial charge in [0, 0.05) is 38.8 Å². The van der Waals surface area contributed by atoms with Gasteiger partial charge >= 0.3 is 6.09 Å². The molecule has 1 aromatic heterocycles. The van der Waals surface area contributed by atoms with Crippen LogP contribution in [-0.4, -0.2) is 65.7 Å². The monoisotopic (exact) mass is 561 g/mol. The average molecular weight is 563 g/mol. The number of nitrogens with one attached hydrogen (secondary N) is 1. The number of aryl methyl sites for hydroxylation is 1. The summed E-state index contributed by atoms with van der Waals surface area (Å²) < 4.78 is 5.53. The third kappa shape index (κ3) is 5.86. The van der Waals surface area contributed by atoms with E-state index in [0.717, 1.165) is 32.1 Å². The summed E-state index contributed by atoms with van der Waals surface area (Å²) in [5.41, 5.74) is 1.62. The molecule has 1 N–H and O–H groups in total. The second-order valence-electron chi connectivity index (χ2n) is 11.6. The van der Waals surface area contributed by atoms with Gasteiger partial charge in [0.2, 0.25) is 0 Å². The Balaban J connectivity index is 1.60. The number of aromatic nitrogens is 2. The van der Waals surface area contributed by atoms with E-state index in [2.05, 4.69) is 10.2 Å². The molecule has 1 saturated heterocycles. The van der Waals surface area contributed by atoms with Gasteiger partial charge in [0.25, 0.3) is 5.91 Å². The first-order valence-corrected chi connectivity index (χ1v) is 13.9. The van der Waals surface area contributed by atoms with Crippen molar-refractivity contribution in [1.82, 2.24) is 20.2 Å². The summed E-state index contributed by atoms with van der Waals surface area (Å²) >= 11 is 12.8. The predicted octanol–water partition coefficient (Wildman–Crippen LogP) is 6.12. The number of rotatable bonds is 4. The molecule has 2 fully saturated rings. The van der Waals surface area contributed by atoms with Gasteiger partial charge in [-0.15, -0.1) is 0 Å². The molecule has 0 radical (unpaired) electrons. The lowest BCUT2D eigenvalue weighted by atomic mass is 9.74. The zero-order chi connectivity index (χ0) is 27.8. The molecule has 10 heteroatoms. The Labute approximate surface area is 235 Å². The fourth-order valence-corrected chi connectivity index (χ4v) is 5.99. The maximum Gasteiger partial charge on any atom is 0.407 e. The lowest BCUT2D eigenvalue weighted by Crippen LogP contribution is -2.51. The number of nitrogens with zero attached hydrogens (tertiary/aromatic N) is 4. The zero-order valence-electron chi connectivity index (χ0n) is 23.0. The number of carbonyl (C=O) groups is 2. The number of carbonyl (C=O) groups excluding carboxylic acids is 2. The van der Waals surface area contributed by atoms with Crippen LogP contribution in [0.2, 0.25) is 10.0 Å². The second-order valence-corrected chi connectivity index (χ2v) is 12.4. The molecular weight excluding hydrogens is 525 g/mol. The van der Waals surface area contributed by atoms with Gasteiger partial charge in [-0.3, -0.25) is 4.79 Å². The Morgan fingerprint density at radius 3 is 2.45 bits per heavy atom. The summed E-state index contributed by atoms with van der Waals surface area (Å²) in [7, 11) is 3.41. The van der Waals surface area contributed by atoms with Crippen LogP contribution in [0.3, 0.4) is 0 Å². The number of halogens is 2. The predicted molar refractivity (Wildman–Crippen MR) is 151 cm³/mol. The molecule has 2 aromatic rings. The van der Waals surface area contributed by atoms with Crippen LogP contribution < -0.4 is 10.2 Å². The van der Waals surface area contributed by atoms with E-state index in [1.54, 1.807) is 26.2 Å². The van der Waals surface area contributed by atoms with Gasteiger partial charge in [0.05, 0.1) is 21.4 Å². The molecule has 1 saturated carbocycles. The molecule has 1 spiro atoms. The standard InChI is InChI=1S/C28H37Cl2N5O3/c1-17-22(18-9-7-10-19(29)21(18)30)33-23(25(36)34(5)6)24(31-17)35-15-13-28(14-16-35)12-8-11-20(28)32-26(37)38-27(2,3)4/h7,9-10,20H,8,11-16H2,1-6H3,(H,32,37)/t20-/m1/s1. The van der Waals surface area contributed by atoms with Gasteiger partial charge in [-0.25, -0.2) is 14.8 Å². The Morgan fingerprint density at radius 2 is 1.82 bits per heavy atom. The van der Waals surface area contributed by atoms with E-state index in [-0.39, 0.29) is 29.2 Å². The van der Waals surface area contributed by atoms with Crippen LogP contribution in [0.5, 0.6) is 0 Å². The van der Waals surface area contributed by atoms with E-state index in [1.807, 2.05) is 33.8 Å². The van der Waals surface area contributed by atoms with Crippen molar-refractivity contribution in [1.29, 1.82) is 0 Å². The number of alkyl carbamates (subject to hydrolysis) is 1. The summed E-state index contributed by atoms with van der Waals surface area (Å²) in [5.74, 6) is 0.352. The summed E-state index contributed by atoms with van der Waals surface area (Å²) in [5, 5.41) is 3.95. The molecule has 4 rings (SSSR count). The fraction of sp³-hybridized carbons (Fsp3) is 0.571. The van der Waals surface area contributed by atoms with E-state index in [9.17, 15) is 9.59 Å². The zero-order valence-corrected chi connectivity index (χ0v) is 24.5. The number of amides is 2. The van der Waals surface area contributed by atoms with Crippen molar-refractivity contribution in [2.45, 2.75) is 71.4 Å². The van der Waals surface area contributed by atoms with Crippen LogP contribution >= 0.6 is 23.2 Å². The molecule has 1 aliphatic heterocycles. The number of anilines is 1. The highest BCUT2D eigenvalue weighted by molar-refractivity contribution is 6.43. The molecule has 1 aromatic carbocycles. The number of piperidine rings is 1. The van der Waals surface area contributed by atoms with Gasteiger partial charge in [0.15, 0.2) is 11.5 Å². The SMILES string of the molecule is Cc1nc(N2CCC3(CCC[C@H]3NC(=O)OC(C)(C)C)CC2)c(C(=O)N(C)C)nc1-c1cccc(Cl)c1Cl. The molecule has 0 unspecified atom stereocenters. The van der Waals surface area contributed by atoms with Gasteiger partial charge in [-0.1, -0.05) is 41.8 Å². The third-order valence-electron chi connectivity index (χ3n) is 7.52. The number of hydrogen-bond acceptors (Lipinski definition) is 6. The lowest BCUT2D eigenvalue weighted by molar-refractivity contribution is 0.0441. The van der Waals surface area contributed by atoms with Crippen LogP contribution in [0.25, 0.3) is 11.3 Å². The molecule has 1 atom stereocenters. The minimum absolute atomic E-state index is 0.00977. The summed E-state index contributed by atoms with van der Waals surface area (Å²) in [6.45, 7) is 8.91. The highest BCUT2D eigenvalue weighted by atomic mass is 35.5. The van der Waals surface area contributed by atoms with E-state index in [0.29, 0.717) is 45.9 Å². The van der Waals surface area contributed by atoms with E-state index in [1.165, 1.54) is 4.90 Å². The normalized spacial score (nSPS) is 18.9. The topological polar surface area (TPSA) is 87.7 Å². The minimum atomic E-state index is -0.535. The Kier molecular flexibility index (Phi) is 8.15. The second kappa shape index (κ2) is 10.9. The van der Waals surface area contributed by atoms with Crippen molar-refractivity contribution in [2.75, 3.05) is 32.1 Å². The summed E-state index contributed by atoms with van der Waals surface area (Å²) in [4.78, 5) is 39.1. The van der Waals surface area contributed by atoms with Gasteiger partial charge < -0.3 is 19.9 Å². The van der Waals surface area contributed by atoms with Crippen molar-refractivity contribution < 1.29 is 14.3 Å². The largest absolute Gasteiger partial charge is 0.444 e. The third-order valence-corrected chi connectivity index (χ3v) is 8.34. The molecular formula is C28H37Cl2N5O3. The first-order chi connectivity index (χ1) is 17.8. The Hall–Kier alpha value is -2.58. The maximum absolute atomic E-state index is 13.3. The van der Waals surface area contributed by atoms with Crippen molar-refractivity contribution in [3.05, 3.63) is 39.6 Å². The van der Waals surface area contributed by atoms with Crippen molar-refractivity contribution in [2.24, 2.45) is 5.41 Å². The van der Waals surface area contributed by atoms with Crippen LogP contribution in [0, 0.1) is 12.3 Å². The minimum Gasteiger partial charge on any atom is -0.444 e. The number of hydrogen-bond donors (Lipinski definition) is 1. The smallest absolute Gasteiger partial charge is 0.407 e. The molecule has 0 bridgehead atoms. The van der Waals surface area contributed by atoms with E-state index in [4.69, 9.17) is 37.9 Å². The van der Waals surface area contributed by atoms with E-state index >= 15 is 0 Å². The van der Waals surface area contributed by atoms with Crippen molar-refractivity contribution >= 4 is 41.0 Å². The molecule has 1 aliphatic carbocycles. The van der Waals surface area contributed by atoms with Crippen LogP contribution in [0.1, 0.15) is 69.1 Å². The van der Waals surface area contributed by atoms with Crippen LogP contribution in [0.15, 0.2) is 18.2 Å². The Bertz CT molecular complexity index is 1220. The van der Waals surface area contributed by atoms with Gasteiger partial charge in [-0.05, 0) is 64.9 Å². The van der Waals surface area contributed by atoms with Gasteiger partial charge in [-0.2, -0.15) is 0 Å². The molecule has 38 heavy (non-hydrogen) atoms. The van der Waals surface area contributed by atoms with Gasteiger partial charge in [0.1, 0.15) is 5.60 Å². The molecule has 8 nitrogen and oxygen atoms in total. The first kappa shape index (κ1) is 28.4. The number of ether oxygens (including phenoxy) is 1. The van der Waals surface area contributed by atoms with Crippen LogP contribution in [-0.2, 0) is 4.74 Å². The van der Waals surface area contributed by atoms with Crippen molar-refractivity contribution in [3.8, 4) is 11.3 Å². The quantitative estimate of drug-likeness (QED) is 0.483. The fourth-order valence-electron chi connectivity index (χ4n) is 5.60. The van der Waals surface area contributed by atoms with Crippen LogP contribution in [0.4, 0.5) is 10.6 Å². The summed E-state index contributed by atoms with van der Waals surface area (Å²) in [6.07, 6.45) is 4.47. The lowest BCUT2D eigenvalue weighted by Gasteiger charge is -2.44. The summed E-state index contributed by atoms with van der Waals surface area (Å²) in [6, 6.07) is 5.42. The highest BCUT2D eigenvalue weighted by Crippen LogP contribution is 2.47. The maximum atomic E-state index is 13.3. The van der Waals surface area contributed by atoms with Crippen molar-refractivity contribution in [3.63, 3.8) is 0 Å². The molecule has 2 amide bonds. The molecule has 206 valence electrons. The molecule has 2 heterocycles. The molecule has 2 aliphatic rings. The Morgan fingerprint density at radius 1 is 1.13 bits per heavy atom. The first-order valence-electron chi connectivity index (χ1n) is 13.1. The average Bonchev–Trinajstić information content (AvgIpc) is 3.20. The number of benzene rings is 1.